The van der Waals surface area contributed by atoms with Gasteiger partial charge in [0, 0.05) is 73.2 Å². The molecule has 11 aromatic carbocycles. The SMILES string of the molecule is CC1(C)c2cc3cc(N(c4ccccc4)c4ccc5c(c4)oc4ccccc45)ccc3cc2-c2c1c1ccc(N(c3ccccc3)c3ccc4c(c3)oc3ccccc34)cc1c1ccccc21. The first-order valence-electron chi connectivity index (χ1n) is 23.1. The maximum atomic E-state index is 6.42. The highest BCUT2D eigenvalue weighted by Crippen LogP contribution is 2.56. The third kappa shape index (κ3) is 5.66. The quantitative estimate of drug-likeness (QED) is 0.156. The van der Waals surface area contributed by atoms with Gasteiger partial charge in [-0.3, -0.25) is 0 Å². The summed E-state index contributed by atoms with van der Waals surface area (Å²) in [6.07, 6.45) is 0. The maximum Gasteiger partial charge on any atom is 0.137 e. The highest BCUT2D eigenvalue weighted by Gasteiger charge is 2.39. The topological polar surface area (TPSA) is 32.8 Å². The maximum absolute atomic E-state index is 6.42. The van der Waals surface area contributed by atoms with Crippen LogP contribution in [0.2, 0.25) is 0 Å². The fourth-order valence-electron chi connectivity index (χ4n) is 11.3. The Balaban J connectivity index is 0.921. The Morgan fingerprint density at radius 2 is 0.776 bits per heavy atom. The number of hydrogen-bond donors (Lipinski definition) is 0. The summed E-state index contributed by atoms with van der Waals surface area (Å²) in [6, 6.07) is 78.9. The van der Waals surface area contributed by atoms with E-state index in [0.717, 1.165) is 78.0 Å². The lowest BCUT2D eigenvalue weighted by molar-refractivity contribution is 0.667. The van der Waals surface area contributed by atoms with E-state index >= 15 is 0 Å². The van der Waals surface area contributed by atoms with E-state index < -0.39 is 0 Å². The molecule has 0 unspecified atom stereocenters. The van der Waals surface area contributed by atoms with Gasteiger partial charge < -0.3 is 18.6 Å². The summed E-state index contributed by atoms with van der Waals surface area (Å²) in [5, 5.41) is 12.0. The van der Waals surface area contributed by atoms with Gasteiger partial charge in [-0.2, -0.15) is 0 Å². The van der Waals surface area contributed by atoms with Crippen molar-refractivity contribution in [3.05, 3.63) is 230 Å². The van der Waals surface area contributed by atoms with Crippen molar-refractivity contribution in [2.24, 2.45) is 0 Å². The second-order valence-corrected chi connectivity index (χ2v) is 18.5. The number of furan rings is 2. The van der Waals surface area contributed by atoms with Gasteiger partial charge in [0.05, 0.1) is 0 Å². The van der Waals surface area contributed by atoms with Crippen LogP contribution in [0.15, 0.2) is 227 Å². The number of para-hydroxylation sites is 4. The summed E-state index contributed by atoms with van der Waals surface area (Å²) in [5.74, 6) is 0. The molecule has 1 aliphatic carbocycles. The minimum absolute atomic E-state index is 0.282. The molecule has 0 amide bonds. The summed E-state index contributed by atoms with van der Waals surface area (Å²) in [4.78, 5) is 4.69. The highest BCUT2D eigenvalue weighted by atomic mass is 16.3. The van der Waals surface area contributed by atoms with Gasteiger partial charge in [0.25, 0.3) is 0 Å². The molecule has 2 heterocycles. The van der Waals surface area contributed by atoms with Crippen molar-refractivity contribution in [1.29, 1.82) is 0 Å². The van der Waals surface area contributed by atoms with Crippen molar-refractivity contribution >= 4 is 110 Å². The number of rotatable bonds is 6. The van der Waals surface area contributed by atoms with E-state index in [1.165, 1.54) is 54.6 Å². The predicted octanol–water partition coefficient (Wildman–Crippen LogP) is 18.2. The van der Waals surface area contributed by atoms with Crippen molar-refractivity contribution in [2.45, 2.75) is 19.3 Å². The molecule has 0 radical (unpaired) electrons. The molecule has 0 spiro atoms. The molecule has 0 atom stereocenters. The average Bonchev–Trinajstić information content (AvgIpc) is 4.01. The fraction of sp³-hybridized carbons (Fsp3) is 0.0476. The lowest BCUT2D eigenvalue weighted by Crippen LogP contribution is -2.16. The molecule has 67 heavy (non-hydrogen) atoms. The first-order valence-corrected chi connectivity index (χ1v) is 23.1. The summed E-state index contributed by atoms with van der Waals surface area (Å²) in [5.41, 5.74) is 15.1. The van der Waals surface area contributed by atoms with E-state index in [1.54, 1.807) is 0 Å². The Kier molecular flexibility index (Phi) is 8.00. The molecule has 2 aromatic heterocycles. The number of nitrogens with zero attached hydrogens (tertiary/aromatic N) is 2. The van der Waals surface area contributed by atoms with Crippen LogP contribution in [0.5, 0.6) is 0 Å². The molecule has 13 aromatic rings. The van der Waals surface area contributed by atoms with Crippen LogP contribution in [0.3, 0.4) is 0 Å². The molecule has 0 saturated heterocycles. The van der Waals surface area contributed by atoms with Gasteiger partial charge >= 0.3 is 0 Å². The number of hydrogen-bond acceptors (Lipinski definition) is 4. The van der Waals surface area contributed by atoms with Gasteiger partial charge in [-0.1, -0.05) is 123 Å². The molecule has 4 heteroatoms. The molecule has 4 nitrogen and oxygen atoms in total. The van der Waals surface area contributed by atoms with Crippen molar-refractivity contribution < 1.29 is 8.83 Å². The molecule has 0 aliphatic heterocycles. The van der Waals surface area contributed by atoms with E-state index in [-0.39, 0.29) is 5.41 Å². The Morgan fingerprint density at radius 1 is 0.313 bits per heavy atom. The monoisotopic (exact) mass is 858 g/mol. The van der Waals surface area contributed by atoms with Gasteiger partial charge in [-0.15, -0.1) is 0 Å². The Labute approximate surface area is 387 Å². The lowest BCUT2D eigenvalue weighted by atomic mass is 9.79. The van der Waals surface area contributed by atoms with Crippen molar-refractivity contribution in [2.75, 3.05) is 9.80 Å². The molecule has 316 valence electrons. The number of anilines is 6. The smallest absolute Gasteiger partial charge is 0.137 e. The zero-order valence-corrected chi connectivity index (χ0v) is 37.0. The third-order valence-electron chi connectivity index (χ3n) is 14.3. The predicted molar refractivity (Wildman–Crippen MR) is 280 cm³/mol. The summed E-state index contributed by atoms with van der Waals surface area (Å²) in [7, 11) is 0. The number of fused-ring (bicyclic) bond motifs is 15. The van der Waals surface area contributed by atoms with Crippen LogP contribution in [-0.4, -0.2) is 0 Å². The highest BCUT2D eigenvalue weighted by molar-refractivity contribution is 6.20. The second kappa shape index (κ2) is 14.2. The Hall–Kier alpha value is -8.60. The van der Waals surface area contributed by atoms with Crippen LogP contribution < -0.4 is 9.80 Å². The molecule has 0 bridgehead atoms. The first kappa shape index (κ1) is 37.7. The van der Waals surface area contributed by atoms with Gasteiger partial charge in [-0.25, -0.2) is 0 Å². The minimum atomic E-state index is -0.282. The van der Waals surface area contributed by atoms with Gasteiger partial charge in [0.2, 0.25) is 0 Å². The van der Waals surface area contributed by atoms with Crippen LogP contribution in [0.25, 0.3) is 87.3 Å². The normalized spacial score (nSPS) is 13.0. The molecular formula is C63H42N2O2. The minimum Gasteiger partial charge on any atom is -0.456 e. The summed E-state index contributed by atoms with van der Waals surface area (Å²) in [6.45, 7) is 4.82. The largest absolute Gasteiger partial charge is 0.456 e. The summed E-state index contributed by atoms with van der Waals surface area (Å²) < 4.78 is 12.8. The zero-order valence-electron chi connectivity index (χ0n) is 37.0. The Morgan fingerprint density at radius 3 is 1.37 bits per heavy atom. The van der Waals surface area contributed by atoms with E-state index in [9.17, 15) is 0 Å². The molecule has 0 N–H and O–H groups in total. The standard InChI is InChI=1S/C63H42N2O2/c1-63(2)56-35-40-33-43(64(41-15-5-3-6-16-41)45-27-30-50-48-20-11-13-23-57(48)66-59(50)37-45)26-25-39(40)34-55(56)61-52-22-10-9-19-47(52)54-36-44(29-32-53(54)62(61)63)65(42-17-7-4-8-18-42)46-28-31-51-49-21-12-14-24-58(49)67-60(51)38-46/h3-38H,1-2H3. The van der Waals surface area contributed by atoms with Gasteiger partial charge in [0.1, 0.15) is 22.3 Å². The van der Waals surface area contributed by atoms with E-state index in [0.29, 0.717) is 0 Å². The summed E-state index contributed by atoms with van der Waals surface area (Å²) >= 11 is 0. The van der Waals surface area contributed by atoms with Crippen LogP contribution in [-0.2, 0) is 5.41 Å². The van der Waals surface area contributed by atoms with Crippen molar-refractivity contribution in [3.63, 3.8) is 0 Å². The van der Waals surface area contributed by atoms with Crippen LogP contribution in [0, 0.1) is 0 Å². The molecule has 0 saturated carbocycles. The van der Waals surface area contributed by atoms with Crippen molar-refractivity contribution in [3.8, 4) is 11.1 Å². The molecule has 14 rings (SSSR count). The Bertz CT molecular complexity index is 4140. The van der Waals surface area contributed by atoms with Gasteiger partial charge in [-0.05, 0) is 152 Å². The molecule has 1 aliphatic rings. The van der Waals surface area contributed by atoms with Crippen LogP contribution >= 0.6 is 0 Å². The van der Waals surface area contributed by atoms with E-state index in [2.05, 4.69) is 218 Å². The van der Waals surface area contributed by atoms with E-state index in [4.69, 9.17) is 8.83 Å². The zero-order chi connectivity index (χ0) is 44.4. The van der Waals surface area contributed by atoms with Crippen molar-refractivity contribution in [1.82, 2.24) is 0 Å². The van der Waals surface area contributed by atoms with E-state index in [1.807, 2.05) is 24.3 Å². The van der Waals surface area contributed by atoms with Crippen LogP contribution in [0.4, 0.5) is 34.1 Å². The first-order chi connectivity index (χ1) is 33.0. The lowest BCUT2D eigenvalue weighted by Gasteiger charge is -2.28. The second-order valence-electron chi connectivity index (χ2n) is 18.5. The molecular weight excluding hydrogens is 817 g/mol. The van der Waals surface area contributed by atoms with Gasteiger partial charge in [0.15, 0.2) is 0 Å². The third-order valence-corrected chi connectivity index (χ3v) is 14.3. The van der Waals surface area contributed by atoms with Crippen LogP contribution in [0.1, 0.15) is 25.0 Å². The average molecular weight is 859 g/mol. The molecule has 0 fully saturated rings. The number of benzene rings is 11. The fourth-order valence-corrected chi connectivity index (χ4v) is 11.3.